The third-order valence-electron chi connectivity index (χ3n) is 4.25. The molecule has 28 heavy (non-hydrogen) atoms. The lowest BCUT2D eigenvalue weighted by Gasteiger charge is -2.11. The number of aromatic nitrogens is 1. The van der Waals surface area contributed by atoms with Crippen LogP contribution in [0.4, 0.5) is 5.69 Å². The van der Waals surface area contributed by atoms with Crippen molar-refractivity contribution in [2.45, 2.75) is 17.7 Å². The van der Waals surface area contributed by atoms with Crippen molar-refractivity contribution < 1.29 is 18.0 Å². The standard InChI is InChI=1S/C19H15N3O4S2/c1-12-4-6-13(7-5-12)21-28(25,26)16-9-8-14(27-16)11-22-18(23)15-3-2-10-20-17(15)19(22)24/h2-10,21H,11H2,1H3. The highest BCUT2D eigenvalue weighted by molar-refractivity contribution is 7.94. The van der Waals surface area contributed by atoms with Crippen molar-refractivity contribution in [3.8, 4) is 0 Å². The minimum Gasteiger partial charge on any atom is -0.279 e. The monoisotopic (exact) mass is 413 g/mol. The van der Waals surface area contributed by atoms with Crippen LogP contribution in [0.15, 0.2) is 58.9 Å². The van der Waals surface area contributed by atoms with Crippen molar-refractivity contribution in [2.75, 3.05) is 4.72 Å². The van der Waals surface area contributed by atoms with Crippen LogP contribution in [0.5, 0.6) is 0 Å². The second kappa shape index (κ2) is 6.84. The highest BCUT2D eigenvalue weighted by atomic mass is 32.2. The van der Waals surface area contributed by atoms with Crippen molar-refractivity contribution in [1.29, 1.82) is 0 Å². The number of rotatable bonds is 5. The quantitative estimate of drug-likeness (QED) is 0.649. The maximum atomic E-state index is 12.6. The topological polar surface area (TPSA) is 96.4 Å². The van der Waals surface area contributed by atoms with Gasteiger partial charge in [-0.05, 0) is 43.3 Å². The van der Waals surface area contributed by atoms with Gasteiger partial charge in [0.15, 0.2) is 0 Å². The fraction of sp³-hybridized carbons (Fsp3) is 0.105. The van der Waals surface area contributed by atoms with E-state index in [-0.39, 0.29) is 22.0 Å². The number of carbonyl (C=O) groups excluding carboxylic acids is 2. The molecule has 0 atom stereocenters. The summed E-state index contributed by atoms with van der Waals surface area (Å²) < 4.78 is 27.8. The SMILES string of the molecule is Cc1ccc(NS(=O)(=O)c2ccc(CN3C(=O)c4cccnc4C3=O)s2)cc1. The molecule has 142 valence electrons. The third kappa shape index (κ3) is 3.30. The summed E-state index contributed by atoms with van der Waals surface area (Å²) >= 11 is 1.01. The Labute approximate surface area is 165 Å². The Morgan fingerprint density at radius 3 is 2.50 bits per heavy atom. The van der Waals surface area contributed by atoms with E-state index < -0.39 is 21.8 Å². The van der Waals surface area contributed by atoms with E-state index in [9.17, 15) is 18.0 Å². The number of anilines is 1. The van der Waals surface area contributed by atoms with Crippen LogP contribution in [0.1, 0.15) is 31.3 Å². The van der Waals surface area contributed by atoms with Gasteiger partial charge in [-0.15, -0.1) is 11.3 Å². The number of thiophene rings is 1. The number of hydrogen-bond acceptors (Lipinski definition) is 6. The van der Waals surface area contributed by atoms with Crippen molar-refractivity contribution in [3.05, 3.63) is 76.4 Å². The van der Waals surface area contributed by atoms with E-state index in [2.05, 4.69) is 9.71 Å². The normalized spacial score (nSPS) is 13.7. The van der Waals surface area contributed by atoms with Crippen LogP contribution in [-0.4, -0.2) is 30.1 Å². The molecule has 1 aliphatic rings. The van der Waals surface area contributed by atoms with Gasteiger partial charge >= 0.3 is 0 Å². The van der Waals surface area contributed by atoms with Gasteiger partial charge < -0.3 is 0 Å². The summed E-state index contributed by atoms with van der Waals surface area (Å²) in [7, 11) is -3.75. The smallest absolute Gasteiger partial charge is 0.279 e. The molecule has 0 aliphatic carbocycles. The van der Waals surface area contributed by atoms with E-state index >= 15 is 0 Å². The van der Waals surface area contributed by atoms with Gasteiger partial charge in [-0.3, -0.25) is 24.2 Å². The number of sulfonamides is 1. The Morgan fingerprint density at radius 1 is 1.04 bits per heavy atom. The Balaban J connectivity index is 1.53. The molecule has 3 aromatic rings. The largest absolute Gasteiger partial charge is 0.280 e. The van der Waals surface area contributed by atoms with Gasteiger partial charge in [0.1, 0.15) is 9.90 Å². The molecule has 3 heterocycles. The lowest BCUT2D eigenvalue weighted by Crippen LogP contribution is -2.28. The molecule has 1 aromatic carbocycles. The molecule has 0 radical (unpaired) electrons. The highest BCUT2D eigenvalue weighted by Gasteiger charge is 2.36. The van der Waals surface area contributed by atoms with Gasteiger partial charge in [-0.1, -0.05) is 17.7 Å². The van der Waals surface area contributed by atoms with Crippen LogP contribution in [0.25, 0.3) is 0 Å². The average molecular weight is 413 g/mol. The summed E-state index contributed by atoms with van der Waals surface area (Å²) in [4.78, 5) is 30.4. The first kappa shape index (κ1) is 18.3. The van der Waals surface area contributed by atoms with Crippen LogP contribution in [0.3, 0.4) is 0 Å². The molecule has 2 aromatic heterocycles. The lowest BCUT2D eigenvalue weighted by atomic mass is 10.2. The number of hydrogen-bond donors (Lipinski definition) is 1. The molecule has 4 rings (SSSR count). The Morgan fingerprint density at radius 2 is 1.79 bits per heavy atom. The molecular formula is C19H15N3O4S2. The average Bonchev–Trinajstić information content (AvgIpc) is 3.24. The molecule has 0 bridgehead atoms. The van der Waals surface area contributed by atoms with E-state index in [4.69, 9.17) is 0 Å². The highest BCUT2D eigenvalue weighted by Crippen LogP contribution is 2.28. The Bertz CT molecular complexity index is 1150. The first-order valence-corrected chi connectivity index (χ1v) is 10.6. The van der Waals surface area contributed by atoms with Crippen LogP contribution < -0.4 is 4.72 Å². The molecule has 7 nitrogen and oxygen atoms in total. The van der Waals surface area contributed by atoms with Gasteiger partial charge in [0.05, 0.1) is 12.1 Å². The number of nitrogens with zero attached hydrogens (tertiary/aromatic N) is 2. The predicted octanol–water partition coefficient (Wildman–Crippen LogP) is 3.05. The summed E-state index contributed by atoms with van der Waals surface area (Å²) in [5, 5.41) is 0. The van der Waals surface area contributed by atoms with Crippen LogP contribution in [0.2, 0.25) is 0 Å². The minimum atomic E-state index is -3.75. The van der Waals surface area contributed by atoms with Crippen LogP contribution in [-0.2, 0) is 16.6 Å². The van der Waals surface area contributed by atoms with E-state index in [1.54, 1.807) is 30.3 Å². The van der Waals surface area contributed by atoms with Gasteiger partial charge in [-0.25, -0.2) is 8.42 Å². The van der Waals surface area contributed by atoms with E-state index in [1.165, 1.54) is 12.3 Å². The molecule has 2 amide bonds. The number of carbonyl (C=O) groups is 2. The number of amides is 2. The second-order valence-corrected chi connectivity index (χ2v) is 9.37. The molecule has 0 saturated carbocycles. The van der Waals surface area contributed by atoms with Crippen molar-refractivity contribution in [2.24, 2.45) is 0 Å². The summed E-state index contributed by atoms with van der Waals surface area (Å²) in [5.41, 5.74) is 1.87. The molecule has 0 unspecified atom stereocenters. The summed E-state index contributed by atoms with van der Waals surface area (Å²) in [6, 6.07) is 13.2. The van der Waals surface area contributed by atoms with E-state index in [1.807, 2.05) is 19.1 Å². The van der Waals surface area contributed by atoms with Gasteiger partial charge in [0, 0.05) is 16.8 Å². The van der Waals surface area contributed by atoms with E-state index in [0.29, 0.717) is 10.6 Å². The maximum Gasteiger partial charge on any atom is 0.280 e. The summed E-state index contributed by atoms with van der Waals surface area (Å²) in [6.07, 6.45) is 1.46. The van der Waals surface area contributed by atoms with Gasteiger partial charge in [0.2, 0.25) is 0 Å². The number of fused-ring (bicyclic) bond motifs is 1. The predicted molar refractivity (Wildman–Crippen MR) is 105 cm³/mol. The number of aryl methyl sites for hydroxylation is 1. The van der Waals surface area contributed by atoms with Crippen molar-refractivity contribution in [1.82, 2.24) is 9.88 Å². The zero-order valence-corrected chi connectivity index (χ0v) is 16.4. The second-order valence-electron chi connectivity index (χ2n) is 6.29. The number of imide groups is 1. The number of pyridine rings is 1. The van der Waals surface area contributed by atoms with Crippen LogP contribution >= 0.6 is 11.3 Å². The molecule has 0 fully saturated rings. The van der Waals surface area contributed by atoms with Crippen molar-refractivity contribution in [3.63, 3.8) is 0 Å². The summed E-state index contributed by atoms with van der Waals surface area (Å²) in [6.45, 7) is 1.91. The lowest BCUT2D eigenvalue weighted by molar-refractivity contribution is 0.0642. The Kier molecular flexibility index (Phi) is 4.48. The zero-order chi connectivity index (χ0) is 19.9. The van der Waals surface area contributed by atoms with Crippen molar-refractivity contribution >= 4 is 38.9 Å². The fourth-order valence-electron chi connectivity index (χ4n) is 2.83. The molecule has 1 aliphatic heterocycles. The minimum absolute atomic E-state index is 0.00125. The van der Waals surface area contributed by atoms with Crippen LogP contribution in [0, 0.1) is 6.92 Å². The summed E-state index contributed by atoms with van der Waals surface area (Å²) in [5.74, 6) is -0.903. The maximum absolute atomic E-state index is 12.6. The fourth-order valence-corrected chi connectivity index (χ4v) is 5.23. The zero-order valence-electron chi connectivity index (χ0n) is 14.7. The first-order chi connectivity index (χ1) is 13.3. The Hall–Kier alpha value is -3.04. The molecule has 0 spiro atoms. The van der Waals surface area contributed by atoms with E-state index in [0.717, 1.165) is 21.8 Å². The number of nitrogens with one attached hydrogen (secondary N) is 1. The molecule has 1 N–H and O–H groups in total. The third-order valence-corrected chi connectivity index (χ3v) is 7.19. The molecular weight excluding hydrogens is 398 g/mol. The van der Waals surface area contributed by atoms with Gasteiger partial charge in [0.25, 0.3) is 21.8 Å². The number of benzene rings is 1. The first-order valence-electron chi connectivity index (χ1n) is 8.34. The van der Waals surface area contributed by atoms with Gasteiger partial charge in [-0.2, -0.15) is 0 Å². The molecule has 9 heteroatoms. The molecule has 0 saturated heterocycles.